The zero-order chi connectivity index (χ0) is 25.5. The number of aromatic nitrogens is 4. The highest BCUT2D eigenvalue weighted by atomic mass is 35.5. The van der Waals surface area contributed by atoms with Crippen LogP contribution >= 0.6 is 11.6 Å². The second-order valence-electron chi connectivity index (χ2n) is 9.53. The number of H-pyrrole nitrogens is 1. The van der Waals surface area contributed by atoms with Gasteiger partial charge >= 0.3 is 0 Å². The van der Waals surface area contributed by atoms with E-state index in [1.807, 2.05) is 19.1 Å². The average Bonchev–Trinajstić information content (AvgIpc) is 3.40. The Labute approximate surface area is 219 Å². The lowest BCUT2D eigenvalue weighted by Gasteiger charge is -2.45. The van der Waals surface area contributed by atoms with Crippen molar-refractivity contribution in [1.82, 2.24) is 20.2 Å². The number of carbonyl (C=O) groups is 1. The van der Waals surface area contributed by atoms with Crippen LogP contribution in [0.2, 0.25) is 5.02 Å². The molecule has 1 saturated carbocycles. The highest BCUT2D eigenvalue weighted by molar-refractivity contribution is 6.35. The van der Waals surface area contributed by atoms with Crippen LogP contribution in [0.3, 0.4) is 0 Å². The number of benzene rings is 2. The van der Waals surface area contributed by atoms with Crippen molar-refractivity contribution in [1.29, 1.82) is 5.26 Å². The molecule has 0 spiro atoms. The van der Waals surface area contributed by atoms with Gasteiger partial charge in [-0.2, -0.15) is 15.3 Å². The minimum absolute atomic E-state index is 0.0605. The first-order valence-electron chi connectivity index (χ1n) is 12.4. The summed E-state index contributed by atoms with van der Waals surface area (Å²) in [5.41, 5.74) is 3.23. The molecular weight excluding hydrogens is 488 g/mol. The van der Waals surface area contributed by atoms with Gasteiger partial charge in [0.15, 0.2) is 5.82 Å². The van der Waals surface area contributed by atoms with Crippen LogP contribution in [0.1, 0.15) is 44.6 Å². The molecule has 9 nitrogen and oxygen atoms in total. The fourth-order valence-corrected chi connectivity index (χ4v) is 5.70. The lowest BCUT2D eigenvalue weighted by molar-refractivity contribution is -0.119. The zero-order valence-corrected chi connectivity index (χ0v) is 21.0. The van der Waals surface area contributed by atoms with Crippen molar-refractivity contribution in [3.8, 4) is 6.07 Å². The smallest absolute Gasteiger partial charge is 0.254 e. The lowest BCUT2D eigenvalue weighted by atomic mass is 9.92. The topological polar surface area (TPSA) is 114 Å². The second-order valence-corrected chi connectivity index (χ2v) is 9.94. The molecule has 0 saturated heterocycles. The quantitative estimate of drug-likeness (QED) is 0.353. The van der Waals surface area contributed by atoms with Crippen molar-refractivity contribution in [2.45, 2.75) is 51.1 Å². The van der Waals surface area contributed by atoms with E-state index in [0.29, 0.717) is 33.7 Å². The van der Waals surface area contributed by atoms with Crippen LogP contribution in [0, 0.1) is 11.3 Å². The molecule has 1 amide bonds. The molecule has 2 aromatic heterocycles. The van der Waals surface area contributed by atoms with E-state index in [0.717, 1.165) is 42.3 Å². The number of rotatable bonds is 4. The van der Waals surface area contributed by atoms with E-state index in [4.69, 9.17) is 16.6 Å². The van der Waals surface area contributed by atoms with Crippen molar-refractivity contribution in [2.75, 3.05) is 15.1 Å². The normalized spacial score (nSPS) is 18.1. The summed E-state index contributed by atoms with van der Waals surface area (Å²) in [7, 11) is 0. The maximum atomic E-state index is 13.8. The van der Waals surface area contributed by atoms with Crippen molar-refractivity contribution >= 4 is 57.2 Å². The van der Waals surface area contributed by atoms with Crippen molar-refractivity contribution in [3.05, 3.63) is 59.4 Å². The Hall–Kier alpha value is -4.16. The van der Waals surface area contributed by atoms with Gasteiger partial charge in [0.1, 0.15) is 11.7 Å². The summed E-state index contributed by atoms with van der Waals surface area (Å²) in [6.07, 6.45) is 8.89. The zero-order valence-electron chi connectivity index (χ0n) is 20.3. The first-order chi connectivity index (χ1) is 18.0. The maximum absolute atomic E-state index is 13.8. The Kier molecular flexibility index (Phi) is 5.89. The van der Waals surface area contributed by atoms with Crippen LogP contribution in [-0.4, -0.2) is 38.2 Å². The second kappa shape index (κ2) is 9.37. The molecule has 1 atom stereocenters. The molecule has 1 aliphatic heterocycles. The monoisotopic (exact) mass is 512 g/mol. The summed E-state index contributed by atoms with van der Waals surface area (Å²) >= 11 is 6.43. The molecular formula is C27H25ClN8O. The van der Waals surface area contributed by atoms with Crippen molar-refractivity contribution in [2.24, 2.45) is 0 Å². The average molecular weight is 513 g/mol. The third-order valence-electron chi connectivity index (χ3n) is 7.19. The number of amides is 1. The highest BCUT2D eigenvalue weighted by Crippen LogP contribution is 2.42. The number of carbonyl (C=O) groups excluding carboxylic acids is 1. The summed E-state index contributed by atoms with van der Waals surface area (Å²) in [5.74, 6) is 1.05. The van der Waals surface area contributed by atoms with Crippen LogP contribution in [0.25, 0.3) is 10.9 Å². The minimum atomic E-state index is -0.416. The lowest BCUT2D eigenvalue weighted by Crippen LogP contribution is -2.55. The van der Waals surface area contributed by atoms with Gasteiger partial charge in [-0.3, -0.25) is 14.8 Å². The maximum Gasteiger partial charge on any atom is 0.254 e. The summed E-state index contributed by atoms with van der Waals surface area (Å²) in [4.78, 5) is 27.1. The van der Waals surface area contributed by atoms with E-state index >= 15 is 0 Å². The number of nitriles is 1. The number of nitrogens with one attached hydrogen (secondary N) is 2. The minimum Gasteiger partial charge on any atom is -0.340 e. The van der Waals surface area contributed by atoms with Crippen molar-refractivity contribution < 1.29 is 4.79 Å². The third-order valence-corrected chi connectivity index (χ3v) is 7.49. The van der Waals surface area contributed by atoms with Gasteiger partial charge in [-0.1, -0.05) is 36.9 Å². The van der Waals surface area contributed by atoms with E-state index < -0.39 is 6.04 Å². The highest BCUT2D eigenvalue weighted by Gasteiger charge is 2.41. The standard InChI is InChI=1S/C27H25ClN8O/c1-16-26(37)36(21-9-5-6-17(10-21)13-29)23-15-30-27(33-25(23)35(16)20-7-3-2-4-8-20)32-19-11-18-14-31-34-24(18)22(28)12-19/h5-6,9-12,14-16,20H,2-4,7-8H2,1H3,(H,31,34)(H,30,32,33)/t16-/m1/s1. The number of hydrogen-bond donors (Lipinski definition) is 2. The van der Waals surface area contributed by atoms with Crippen LogP contribution in [0.15, 0.2) is 48.8 Å². The molecule has 0 radical (unpaired) electrons. The van der Waals surface area contributed by atoms with Gasteiger partial charge < -0.3 is 10.2 Å². The van der Waals surface area contributed by atoms with E-state index in [-0.39, 0.29) is 11.9 Å². The van der Waals surface area contributed by atoms with E-state index in [2.05, 4.69) is 31.5 Å². The number of halogens is 1. The number of fused-ring (bicyclic) bond motifs is 2. The molecule has 1 aliphatic carbocycles. The Morgan fingerprint density at radius 1 is 1.16 bits per heavy atom. The van der Waals surface area contributed by atoms with E-state index in [1.54, 1.807) is 41.6 Å². The first-order valence-corrected chi connectivity index (χ1v) is 12.8. The molecule has 10 heteroatoms. The predicted molar refractivity (Wildman–Crippen MR) is 144 cm³/mol. The molecule has 0 bridgehead atoms. The van der Waals surface area contributed by atoms with Gasteiger partial charge in [-0.25, -0.2) is 4.98 Å². The van der Waals surface area contributed by atoms with Gasteiger partial charge in [0, 0.05) is 17.1 Å². The number of hydrogen-bond acceptors (Lipinski definition) is 7. The number of anilines is 5. The Bertz CT molecular complexity index is 1540. The number of aromatic amines is 1. The van der Waals surface area contributed by atoms with E-state index in [9.17, 15) is 10.1 Å². The number of nitrogens with zero attached hydrogens (tertiary/aromatic N) is 6. The molecule has 2 aromatic carbocycles. The van der Waals surface area contributed by atoms with Gasteiger partial charge in [0.25, 0.3) is 5.91 Å². The van der Waals surface area contributed by atoms with Gasteiger partial charge in [-0.15, -0.1) is 0 Å². The van der Waals surface area contributed by atoms with Gasteiger partial charge in [0.2, 0.25) is 5.95 Å². The first kappa shape index (κ1) is 23.3. The molecule has 4 aromatic rings. The Morgan fingerprint density at radius 2 is 2.00 bits per heavy atom. The van der Waals surface area contributed by atoms with E-state index in [1.165, 1.54) is 6.42 Å². The summed E-state index contributed by atoms with van der Waals surface area (Å²) in [6, 6.07) is 12.8. The summed E-state index contributed by atoms with van der Waals surface area (Å²) < 4.78 is 0. The van der Waals surface area contributed by atoms with Crippen LogP contribution in [0.5, 0.6) is 0 Å². The summed E-state index contributed by atoms with van der Waals surface area (Å²) in [5, 5.41) is 21.1. The molecule has 2 aliphatic rings. The van der Waals surface area contributed by atoms with Crippen LogP contribution in [0.4, 0.5) is 28.8 Å². The molecule has 2 N–H and O–H groups in total. The molecule has 0 unspecified atom stereocenters. The van der Waals surface area contributed by atoms with Crippen molar-refractivity contribution in [3.63, 3.8) is 0 Å². The molecule has 6 rings (SSSR count). The summed E-state index contributed by atoms with van der Waals surface area (Å²) in [6.45, 7) is 1.93. The SMILES string of the molecule is C[C@@H]1C(=O)N(c2cccc(C#N)c2)c2cnc(Nc3cc(Cl)c4[nH]ncc4c3)nc2N1C1CCCCC1. The molecule has 1 fully saturated rings. The predicted octanol–water partition coefficient (Wildman–Crippen LogP) is 5.83. The van der Waals surface area contributed by atoms with Crippen LogP contribution in [-0.2, 0) is 4.79 Å². The van der Waals surface area contributed by atoms with Crippen LogP contribution < -0.4 is 15.1 Å². The molecule has 3 heterocycles. The van der Waals surface area contributed by atoms with Gasteiger partial charge in [-0.05, 0) is 50.1 Å². The third kappa shape index (κ3) is 4.13. The Balaban J connectivity index is 1.45. The molecule has 37 heavy (non-hydrogen) atoms. The van der Waals surface area contributed by atoms with Gasteiger partial charge in [0.05, 0.1) is 40.3 Å². The Morgan fingerprint density at radius 3 is 2.81 bits per heavy atom. The fraction of sp³-hybridized carbons (Fsp3) is 0.296. The fourth-order valence-electron chi connectivity index (χ4n) is 5.43. The molecule has 186 valence electrons. The largest absolute Gasteiger partial charge is 0.340 e.